The van der Waals surface area contributed by atoms with Gasteiger partial charge < -0.3 is 4.57 Å². The van der Waals surface area contributed by atoms with Gasteiger partial charge in [-0.2, -0.15) is 0 Å². The van der Waals surface area contributed by atoms with Crippen molar-refractivity contribution in [2.75, 3.05) is 0 Å². The average molecular weight is 252 g/mol. The van der Waals surface area contributed by atoms with Crippen LogP contribution < -0.4 is 0 Å². The normalized spacial score (nSPS) is 10.5. The van der Waals surface area contributed by atoms with Gasteiger partial charge >= 0.3 is 0 Å². The predicted octanol–water partition coefficient (Wildman–Crippen LogP) is 2.55. The van der Waals surface area contributed by atoms with Gasteiger partial charge in [0.15, 0.2) is 0 Å². The van der Waals surface area contributed by atoms with Gasteiger partial charge in [-0.1, -0.05) is 6.07 Å². The van der Waals surface area contributed by atoms with E-state index >= 15 is 0 Å². The van der Waals surface area contributed by atoms with E-state index in [-0.39, 0.29) is 0 Å². The summed E-state index contributed by atoms with van der Waals surface area (Å²) in [7, 11) is 1.98. The lowest BCUT2D eigenvalue weighted by Crippen LogP contribution is -1.95. The van der Waals surface area contributed by atoms with Gasteiger partial charge in [-0.15, -0.1) is 0 Å². The highest BCUT2D eigenvalue weighted by Gasteiger charge is 2.12. The van der Waals surface area contributed by atoms with Crippen LogP contribution in [0.15, 0.2) is 29.0 Å². The Morgan fingerprint density at radius 3 is 2.64 bits per heavy atom. The van der Waals surface area contributed by atoms with Crippen molar-refractivity contribution in [3.05, 3.63) is 34.8 Å². The number of halogens is 1. The Morgan fingerprint density at radius 2 is 2.14 bits per heavy atom. The number of aryl methyl sites for hydroxylation is 1. The second-order valence-electron chi connectivity index (χ2n) is 3.07. The molecule has 2 rings (SSSR count). The van der Waals surface area contributed by atoms with Crippen LogP contribution in [0.1, 0.15) is 5.82 Å². The number of hydrogen-bond donors (Lipinski definition) is 0. The Balaban J connectivity index is 2.62. The zero-order valence-electron chi connectivity index (χ0n) is 8.03. The van der Waals surface area contributed by atoms with Gasteiger partial charge in [0, 0.05) is 13.2 Å². The third kappa shape index (κ3) is 1.46. The lowest BCUT2D eigenvalue weighted by molar-refractivity contribution is 0.862. The summed E-state index contributed by atoms with van der Waals surface area (Å²) in [5.41, 5.74) is 1.95. The Bertz CT molecular complexity index is 448. The second-order valence-corrected chi connectivity index (χ2v) is 3.82. The van der Waals surface area contributed by atoms with Crippen LogP contribution >= 0.6 is 15.9 Å². The monoisotopic (exact) mass is 251 g/mol. The number of pyridine rings is 1. The topological polar surface area (TPSA) is 30.7 Å². The van der Waals surface area contributed by atoms with Crippen molar-refractivity contribution in [1.29, 1.82) is 0 Å². The fraction of sp³-hybridized carbons (Fsp3) is 0.200. The highest BCUT2D eigenvalue weighted by molar-refractivity contribution is 9.10. The summed E-state index contributed by atoms with van der Waals surface area (Å²) >= 11 is 3.43. The zero-order chi connectivity index (χ0) is 10.1. The van der Waals surface area contributed by atoms with Crippen LogP contribution in [0.25, 0.3) is 11.4 Å². The molecule has 0 aliphatic heterocycles. The van der Waals surface area contributed by atoms with Gasteiger partial charge in [0.2, 0.25) is 0 Å². The molecule has 0 amide bonds. The number of aromatic nitrogens is 3. The molecule has 0 saturated heterocycles. The van der Waals surface area contributed by atoms with E-state index in [9.17, 15) is 0 Å². The molecule has 72 valence electrons. The van der Waals surface area contributed by atoms with E-state index in [0.717, 1.165) is 21.8 Å². The quantitative estimate of drug-likeness (QED) is 0.780. The molecule has 0 aliphatic rings. The molecule has 0 aromatic carbocycles. The van der Waals surface area contributed by atoms with Crippen molar-refractivity contribution in [2.24, 2.45) is 7.05 Å². The molecule has 3 nitrogen and oxygen atoms in total. The predicted molar refractivity (Wildman–Crippen MR) is 58.9 cm³/mol. The summed E-state index contributed by atoms with van der Waals surface area (Å²) in [6.45, 7) is 1.97. The van der Waals surface area contributed by atoms with Gasteiger partial charge in [-0.25, -0.2) is 4.98 Å². The van der Waals surface area contributed by atoms with Crippen molar-refractivity contribution >= 4 is 15.9 Å². The fourth-order valence-corrected chi connectivity index (χ4v) is 2.08. The van der Waals surface area contributed by atoms with E-state index < -0.39 is 0 Å². The average Bonchev–Trinajstić information content (AvgIpc) is 2.43. The van der Waals surface area contributed by atoms with E-state index in [2.05, 4.69) is 25.9 Å². The molecule has 0 fully saturated rings. The first-order valence-corrected chi connectivity index (χ1v) is 5.09. The van der Waals surface area contributed by atoms with E-state index in [1.54, 1.807) is 6.20 Å². The third-order valence-electron chi connectivity index (χ3n) is 2.18. The molecular formula is C10H10BrN3. The highest BCUT2D eigenvalue weighted by Crippen LogP contribution is 2.26. The zero-order valence-corrected chi connectivity index (χ0v) is 9.62. The number of nitrogens with zero attached hydrogens (tertiary/aromatic N) is 3. The fourth-order valence-electron chi connectivity index (χ4n) is 1.35. The first-order valence-electron chi connectivity index (χ1n) is 4.30. The maximum Gasteiger partial charge on any atom is 0.134 e. The molecule has 0 spiro atoms. The summed E-state index contributed by atoms with van der Waals surface area (Å²) in [5.74, 6) is 0.970. The SMILES string of the molecule is Cc1nc(Br)c(-c2ccccn2)n1C. The van der Waals surface area contributed by atoms with E-state index in [0.29, 0.717) is 0 Å². The molecule has 14 heavy (non-hydrogen) atoms. The third-order valence-corrected chi connectivity index (χ3v) is 2.74. The van der Waals surface area contributed by atoms with Crippen LogP contribution in [0.4, 0.5) is 0 Å². The molecule has 2 aromatic heterocycles. The van der Waals surface area contributed by atoms with Gasteiger partial charge in [0.05, 0.1) is 5.69 Å². The number of rotatable bonds is 1. The summed E-state index contributed by atoms with van der Waals surface area (Å²) in [6, 6.07) is 5.85. The van der Waals surface area contributed by atoms with Crippen molar-refractivity contribution in [3.8, 4) is 11.4 Å². The van der Waals surface area contributed by atoms with E-state index in [1.807, 2.05) is 36.7 Å². The van der Waals surface area contributed by atoms with Gasteiger partial charge in [-0.3, -0.25) is 4.98 Å². The molecule has 0 atom stereocenters. The van der Waals surface area contributed by atoms with Gasteiger partial charge in [0.25, 0.3) is 0 Å². The van der Waals surface area contributed by atoms with Crippen LogP contribution in [0.2, 0.25) is 0 Å². The van der Waals surface area contributed by atoms with Crippen molar-refractivity contribution < 1.29 is 0 Å². The molecule has 4 heteroatoms. The van der Waals surface area contributed by atoms with Crippen molar-refractivity contribution in [1.82, 2.24) is 14.5 Å². The second kappa shape index (κ2) is 3.53. The van der Waals surface area contributed by atoms with Crippen LogP contribution in [0, 0.1) is 6.92 Å². The maximum absolute atomic E-state index is 4.33. The first kappa shape index (κ1) is 9.40. The molecule has 0 aliphatic carbocycles. The maximum atomic E-state index is 4.33. The minimum atomic E-state index is 0.844. The number of imidazole rings is 1. The molecule has 0 unspecified atom stereocenters. The summed E-state index contributed by atoms with van der Waals surface area (Å²) in [4.78, 5) is 8.62. The van der Waals surface area contributed by atoms with Crippen LogP contribution in [0.3, 0.4) is 0 Å². The highest BCUT2D eigenvalue weighted by atomic mass is 79.9. The smallest absolute Gasteiger partial charge is 0.134 e. The largest absolute Gasteiger partial charge is 0.329 e. The number of hydrogen-bond acceptors (Lipinski definition) is 2. The molecule has 0 radical (unpaired) electrons. The van der Waals surface area contributed by atoms with E-state index in [4.69, 9.17) is 0 Å². The molecule has 0 bridgehead atoms. The minimum Gasteiger partial charge on any atom is -0.329 e. The van der Waals surface area contributed by atoms with Crippen LogP contribution in [-0.4, -0.2) is 14.5 Å². The van der Waals surface area contributed by atoms with Gasteiger partial charge in [-0.05, 0) is 35.0 Å². The van der Waals surface area contributed by atoms with Gasteiger partial charge in [0.1, 0.15) is 16.1 Å². The van der Waals surface area contributed by atoms with E-state index in [1.165, 1.54) is 0 Å². The Morgan fingerprint density at radius 1 is 1.36 bits per heavy atom. The Kier molecular flexibility index (Phi) is 2.37. The lowest BCUT2D eigenvalue weighted by Gasteiger charge is -2.02. The standard InChI is InChI=1S/C10H10BrN3/c1-7-13-10(11)9(14(7)2)8-5-3-4-6-12-8/h3-6H,1-2H3. The Labute approximate surface area is 90.9 Å². The molecule has 2 heterocycles. The Hall–Kier alpha value is -1.16. The molecular weight excluding hydrogens is 242 g/mol. The molecule has 0 N–H and O–H groups in total. The minimum absolute atomic E-state index is 0.844. The van der Waals surface area contributed by atoms with Crippen molar-refractivity contribution in [2.45, 2.75) is 6.92 Å². The summed E-state index contributed by atoms with van der Waals surface area (Å²) in [5, 5.41) is 0. The van der Waals surface area contributed by atoms with Crippen molar-refractivity contribution in [3.63, 3.8) is 0 Å². The van der Waals surface area contributed by atoms with Crippen LogP contribution in [-0.2, 0) is 7.05 Å². The van der Waals surface area contributed by atoms with Crippen LogP contribution in [0.5, 0.6) is 0 Å². The lowest BCUT2D eigenvalue weighted by atomic mass is 10.3. The molecule has 2 aromatic rings. The molecule has 0 saturated carbocycles. The first-order chi connectivity index (χ1) is 6.70. The summed E-state index contributed by atoms with van der Waals surface area (Å²) < 4.78 is 2.86. The summed E-state index contributed by atoms with van der Waals surface area (Å²) in [6.07, 6.45) is 1.78.